The summed E-state index contributed by atoms with van der Waals surface area (Å²) in [5.41, 5.74) is 3.13. The summed E-state index contributed by atoms with van der Waals surface area (Å²) in [4.78, 5) is 13.4. The molecule has 0 heterocycles. The van der Waals surface area contributed by atoms with Crippen LogP contribution in [0.3, 0.4) is 0 Å². The maximum atomic E-state index is 9.89. The van der Waals surface area contributed by atoms with Gasteiger partial charge in [-0.2, -0.15) is 0 Å². The van der Waals surface area contributed by atoms with Gasteiger partial charge < -0.3 is 0 Å². The van der Waals surface area contributed by atoms with Gasteiger partial charge in [0.1, 0.15) is 0 Å². The van der Waals surface area contributed by atoms with Crippen molar-refractivity contribution in [3.8, 4) is 0 Å². The lowest BCUT2D eigenvalue weighted by molar-refractivity contribution is 0.563. The molecule has 3 heteroatoms. The van der Waals surface area contributed by atoms with Crippen molar-refractivity contribution < 1.29 is 4.79 Å². The van der Waals surface area contributed by atoms with Crippen LogP contribution in [0.25, 0.3) is 0 Å². The van der Waals surface area contributed by atoms with E-state index >= 15 is 0 Å². The minimum absolute atomic E-state index is 0.352. The van der Waals surface area contributed by atoms with Crippen molar-refractivity contribution in [1.82, 2.24) is 0 Å². The van der Waals surface area contributed by atoms with Crippen molar-refractivity contribution in [1.29, 1.82) is 0 Å². The zero-order valence-electron chi connectivity index (χ0n) is 7.60. The minimum Gasteiger partial charge on any atom is -0.211 e. The molecular formula is C10H10ClNO. The molecule has 0 aromatic heterocycles. The summed E-state index contributed by atoms with van der Waals surface area (Å²) in [7, 11) is 0. The van der Waals surface area contributed by atoms with Crippen LogP contribution in [0.1, 0.15) is 16.7 Å². The van der Waals surface area contributed by atoms with E-state index in [2.05, 4.69) is 4.99 Å². The normalized spacial score (nSPS) is 9.46. The molecule has 0 spiro atoms. The molecule has 0 radical (unpaired) electrons. The summed E-state index contributed by atoms with van der Waals surface area (Å²) in [5.74, 6) is 0. The molecule has 0 saturated heterocycles. The van der Waals surface area contributed by atoms with Crippen LogP contribution in [0.15, 0.2) is 17.1 Å². The molecule has 0 aliphatic heterocycles. The number of hydrogen-bond donors (Lipinski definition) is 0. The molecule has 0 aliphatic carbocycles. The fourth-order valence-electron chi connectivity index (χ4n) is 1.10. The molecule has 1 aromatic rings. The Bertz CT molecular complexity index is 344. The Morgan fingerprint density at radius 1 is 1.46 bits per heavy atom. The summed E-state index contributed by atoms with van der Waals surface area (Å²) in [6, 6.07) is 3.80. The van der Waals surface area contributed by atoms with Crippen molar-refractivity contribution in [2.24, 2.45) is 4.99 Å². The van der Waals surface area contributed by atoms with Crippen LogP contribution in [0.2, 0.25) is 5.02 Å². The Morgan fingerprint density at radius 2 is 2.15 bits per heavy atom. The van der Waals surface area contributed by atoms with Crippen molar-refractivity contribution in [3.63, 3.8) is 0 Å². The van der Waals surface area contributed by atoms with Crippen molar-refractivity contribution in [2.75, 3.05) is 0 Å². The van der Waals surface area contributed by atoms with Gasteiger partial charge in [-0.3, -0.25) is 0 Å². The minimum atomic E-state index is 0.352. The van der Waals surface area contributed by atoms with E-state index in [1.54, 1.807) is 0 Å². The van der Waals surface area contributed by atoms with Gasteiger partial charge in [-0.1, -0.05) is 17.7 Å². The quantitative estimate of drug-likeness (QED) is 0.527. The van der Waals surface area contributed by atoms with Crippen LogP contribution in [-0.2, 0) is 11.3 Å². The first-order valence-electron chi connectivity index (χ1n) is 3.94. The zero-order chi connectivity index (χ0) is 9.84. The monoisotopic (exact) mass is 195 g/mol. The number of nitrogens with zero attached hydrogens (tertiary/aromatic N) is 1. The van der Waals surface area contributed by atoms with Crippen molar-refractivity contribution in [3.05, 3.63) is 33.8 Å². The van der Waals surface area contributed by atoms with Crippen molar-refractivity contribution >= 4 is 17.7 Å². The van der Waals surface area contributed by atoms with Crippen molar-refractivity contribution in [2.45, 2.75) is 20.4 Å². The van der Waals surface area contributed by atoms with E-state index in [1.807, 2.05) is 26.0 Å². The van der Waals surface area contributed by atoms with Gasteiger partial charge in [0.2, 0.25) is 6.08 Å². The number of isocyanates is 1. The molecule has 1 aromatic carbocycles. The third-order valence-corrected chi connectivity index (χ3v) is 2.38. The molecule has 1 rings (SSSR count). The third kappa shape index (κ3) is 2.41. The number of carbonyl (C=O) groups excluding carboxylic acids is 1. The summed E-state index contributed by atoms with van der Waals surface area (Å²) in [6.07, 6.45) is 1.50. The molecule has 0 amide bonds. The van der Waals surface area contributed by atoms with E-state index in [9.17, 15) is 4.79 Å². The first-order chi connectivity index (χ1) is 6.15. The van der Waals surface area contributed by atoms with Gasteiger partial charge in [-0.25, -0.2) is 9.79 Å². The number of aryl methyl sites for hydroxylation is 1. The molecule has 2 nitrogen and oxygen atoms in total. The Kier molecular flexibility index (Phi) is 3.24. The predicted molar refractivity (Wildman–Crippen MR) is 52.8 cm³/mol. The van der Waals surface area contributed by atoms with Crippen LogP contribution in [0.4, 0.5) is 0 Å². The smallest absolute Gasteiger partial charge is 0.211 e. The largest absolute Gasteiger partial charge is 0.235 e. The maximum Gasteiger partial charge on any atom is 0.235 e. The topological polar surface area (TPSA) is 29.4 Å². The molecule has 0 fully saturated rings. The summed E-state index contributed by atoms with van der Waals surface area (Å²) < 4.78 is 0. The Labute approximate surface area is 82.3 Å². The molecule has 0 saturated carbocycles. The molecule has 0 N–H and O–H groups in total. The maximum absolute atomic E-state index is 9.89. The number of rotatable bonds is 2. The average molecular weight is 196 g/mol. The van der Waals surface area contributed by atoms with Crippen LogP contribution >= 0.6 is 11.6 Å². The van der Waals surface area contributed by atoms with Gasteiger partial charge in [0, 0.05) is 5.02 Å². The molecule has 0 unspecified atom stereocenters. The van der Waals surface area contributed by atoms with Gasteiger partial charge in [-0.15, -0.1) is 0 Å². The van der Waals surface area contributed by atoms with E-state index in [0.717, 1.165) is 21.7 Å². The first-order valence-corrected chi connectivity index (χ1v) is 4.32. The molecule has 13 heavy (non-hydrogen) atoms. The van der Waals surface area contributed by atoms with E-state index in [1.165, 1.54) is 6.08 Å². The highest BCUT2D eigenvalue weighted by Crippen LogP contribution is 2.21. The zero-order valence-corrected chi connectivity index (χ0v) is 8.35. The second-order valence-corrected chi connectivity index (χ2v) is 3.33. The summed E-state index contributed by atoms with van der Waals surface area (Å²) in [6.45, 7) is 4.30. The van der Waals surface area contributed by atoms with E-state index in [-0.39, 0.29) is 0 Å². The Hall–Kier alpha value is -1.11. The molecule has 0 aliphatic rings. The second-order valence-electron chi connectivity index (χ2n) is 2.93. The van der Waals surface area contributed by atoms with E-state index < -0.39 is 0 Å². The van der Waals surface area contributed by atoms with Crippen LogP contribution < -0.4 is 0 Å². The van der Waals surface area contributed by atoms with Gasteiger partial charge in [0.25, 0.3) is 0 Å². The van der Waals surface area contributed by atoms with Gasteiger partial charge in [-0.05, 0) is 36.6 Å². The lowest BCUT2D eigenvalue weighted by Gasteiger charge is -2.04. The molecule has 68 valence electrons. The van der Waals surface area contributed by atoms with Gasteiger partial charge >= 0.3 is 0 Å². The predicted octanol–water partition coefficient (Wildman–Crippen LogP) is 2.79. The van der Waals surface area contributed by atoms with Crippen LogP contribution in [0.5, 0.6) is 0 Å². The SMILES string of the molecule is Cc1cc(CN=C=O)cc(Cl)c1C. The van der Waals surface area contributed by atoms with Gasteiger partial charge in [0.05, 0.1) is 6.54 Å². The Balaban J connectivity index is 3.05. The fourth-order valence-corrected chi connectivity index (χ4v) is 1.39. The number of aliphatic imine (C=N–C) groups is 1. The Morgan fingerprint density at radius 3 is 2.69 bits per heavy atom. The molecular weight excluding hydrogens is 186 g/mol. The third-order valence-electron chi connectivity index (χ3n) is 1.99. The highest BCUT2D eigenvalue weighted by atomic mass is 35.5. The lowest BCUT2D eigenvalue weighted by atomic mass is 10.1. The fraction of sp³-hybridized carbons (Fsp3) is 0.300. The van der Waals surface area contributed by atoms with Gasteiger partial charge in [0.15, 0.2) is 0 Å². The highest BCUT2D eigenvalue weighted by molar-refractivity contribution is 6.31. The lowest BCUT2D eigenvalue weighted by Crippen LogP contribution is -1.88. The highest BCUT2D eigenvalue weighted by Gasteiger charge is 2.01. The number of halogens is 1. The second kappa shape index (κ2) is 4.22. The van der Waals surface area contributed by atoms with E-state index in [0.29, 0.717) is 6.54 Å². The first kappa shape index (κ1) is 9.97. The number of benzene rings is 1. The van der Waals surface area contributed by atoms with E-state index in [4.69, 9.17) is 11.6 Å². The molecule has 0 bridgehead atoms. The van der Waals surface area contributed by atoms with Crippen LogP contribution in [0, 0.1) is 13.8 Å². The average Bonchev–Trinajstić information content (AvgIpc) is 2.10. The molecule has 0 atom stereocenters. The standard InChI is InChI=1S/C10H10ClNO/c1-7-3-9(5-12-6-13)4-10(11)8(7)2/h3-4H,5H2,1-2H3. The summed E-state index contributed by atoms with van der Waals surface area (Å²) in [5, 5.41) is 0.719. The summed E-state index contributed by atoms with van der Waals surface area (Å²) >= 11 is 5.96. The van der Waals surface area contributed by atoms with Crippen LogP contribution in [-0.4, -0.2) is 6.08 Å². The number of hydrogen-bond acceptors (Lipinski definition) is 2.